The molecule has 0 radical (unpaired) electrons. The molecule has 5 heteroatoms. The Hall–Kier alpha value is -2.19. The molecule has 1 aromatic carbocycles. The van der Waals surface area contributed by atoms with Crippen LogP contribution < -0.4 is 0 Å². The third-order valence-electron chi connectivity index (χ3n) is 2.92. The number of hydrogen-bond donors (Lipinski definition) is 0. The maximum absolute atomic E-state index is 8.81. The van der Waals surface area contributed by atoms with Crippen molar-refractivity contribution in [2.24, 2.45) is 0 Å². The van der Waals surface area contributed by atoms with Crippen molar-refractivity contribution in [1.29, 1.82) is 5.26 Å². The van der Waals surface area contributed by atoms with Crippen LogP contribution in [0.5, 0.6) is 0 Å². The molecule has 3 rings (SSSR count). The lowest BCUT2D eigenvalue weighted by molar-refractivity contribution is 0.896. The lowest BCUT2D eigenvalue weighted by atomic mass is 10.1. The topological polar surface area (TPSA) is 54.0 Å². The molecule has 0 aliphatic rings. The Morgan fingerprint density at radius 3 is 2.68 bits per heavy atom. The SMILES string of the molecule is Cc1cc(-c2ccc(C#N)cc2)nc2c(Br)cnn12. The Morgan fingerprint density at radius 1 is 1.26 bits per heavy atom. The summed E-state index contributed by atoms with van der Waals surface area (Å²) in [5.41, 5.74) is 4.30. The summed E-state index contributed by atoms with van der Waals surface area (Å²) in [7, 11) is 0. The molecule has 0 aliphatic heterocycles. The van der Waals surface area contributed by atoms with Crippen molar-refractivity contribution in [2.45, 2.75) is 6.92 Å². The number of fused-ring (bicyclic) bond motifs is 1. The van der Waals surface area contributed by atoms with Gasteiger partial charge < -0.3 is 0 Å². The van der Waals surface area contributed by atoms with Crippen LogP contribution in [0.3, 0.4) is 0 Å². The predicted molar refractivity (Wildman–Crippen MR) is 75.6 cm³/mol. The van der Waals surface area contributed by atoms with E-state index in [1.165, 1.54) is 0 Å². The molecule has 3 aromatic rings. The average molecular weight is 313 g/mol. The van der Waals surface area contributed by atoms with Crippen LogP contribution in [0.4, 0.5) is 0 Å². The number of halogens is 1. The molecule has 0 saturated heterocycles. The Balaban J connectivity index is 2.19. The lowest BCUT2D eigenvalue weighted by Crippen LogP contribution is -1.97. The van der Waals surface area contributed by atoms with Gasteiger partial charge in [-0.3, -0.25) is 0 Å². The van der Waals surface area contributed by atoms with E-state index in [2.05, 4.69) is 32.1 Å². The van der Waals surface area contributed by atoms with Crippen molar-refractivity contribution >= 4 is 21.6 Å². The van der Waals surface area contributed by atoms with Crippen molar-refractivity contribution in [1.82, 2.24) is 14.6 Å². The summed E-state index contributed by atoms with van der Waals surface area (Å²) in [6.45, 7) is 1.99. The van der Waals surface area contributed by atoms with E-state index in [4.69, 9.17) is 5.26 Å². The first-order valence-corrected chi connectivity index (χ1v) is 6.50. The molecule has 0 unspecified atom stereocenters. The first-order valence-electron chi connectivity index (χ1n) is 5.70. The number of aromatic nitrogens is 3. The maximum Gasteiger partial charge on any atom is 0.170 e. The second kappa shape index (κ2) is 4.48. The van der Waals surface area contributed by atoms with Crippen LogP contribution in [0.25, 0.3) is 16.9 Å². The average Bonchev–Trinajstić information content (AvgIpc) is 2.81. The van der Waals surface area contributed by atoms with Crippen LogP contribution in [0.15, 0.2) is 41.0 Å². The minimum Gasteiger partial charge on any atom is -0.227 e. The second-order valence-corrected chi connectivity index (χ2v) is 5.05. The van der Waals surface area contributed by atoms with E-state index in [0.717, 1.165) is 27.1 Å². The van der Waals surface area contributed by atoms with E-state index in [0.29, 0.717) is 5.56 Å². The predicted octanol–water partition coefficient (Wildman–Crippen LogP) is 3.34. The van der Waals surface area contributed by atoms with Crippen LogP contribution in [0, 0.1) is 18.3 Å². The monoisotopic (exact) mass is 312 g/mol. The van der Waals surface area contributed by atoms with Gasteiger partial charge in [0.2, 0.25) is 0 Å². The fourth-order valence-electron chi connectivity index (χ4n) is 1.95. The van der Waals surface area contributed by atoms with Crippen LogP contribution in [-0.4, -0.2) is 14.6 Å². The number of rotatable bonds is 1. The molecule has 2 aromatic heterocycles. The van der Waals surface area contributed by atoms with E-state index in [1.807, 2.05) is 25.1 Å². The van der Waals surface area contributed by atoms with Gasteiger partial charge in [0.25, 0.3) is 0 Å². The number of benzene rings is 1. The molecule has 0 spiro atoms. The zero-order valence-corrected chi connectivity index (χ0v) is 11.7. The molecule has 0 bridgehead atoms. The van der Waals surface area contributed by atoms with Crippen molar-refractivity contribution in [3.05, 3.63) is 52.3 Å². The van der Waals surface area contributed by atoms with Gasteiger partial charge in [-0.25, -0.2) is 9.50 Å². The lowest BCUT2D eigenvalue weighted by Gasteiger charge is -2.05. The van der Waals surface area contributed by atoms with E-state index < -0.39 is 0 Å². The first-order chi connectivity index (χ1) is 9.19. The summed E-state index contributed by atoms with van der Waals surface area (Å²) in [5, 5.41) is 13.1. The first kappa shape index (κ1) is 11.9. The van der Waals surface area contributed by atoms with Gasteiger partial charge in [0.1, 0.15) is 0 Å². The number of nitriles is 1. The summed E-state index contributed by atoms with van der Waals surface area (Å²) < 4.78 is 2.66. The number of aryl methyl sites for hydroxylation is 1. The Morgan fingerprint density at radius 2 is 2.00 bits per heavy atom. The number of nitrogens with zero attached hydrogens (tertiary/aromatic N) is 4. The maximum atomic E-state index is 8.81. The van der Waals surface area contributed by atoms with Crippen molar-refractivity contribution in [2.75, 3.05) is 0 Å². The summed E-state index contributed by atoms with van der Waals surface area (Å²) in [6.07, 6.45) is 1.73. The largest absolute Gasteiger partial charge is 0.227 e. The Labute approximate surface area is 118 Å². The normalized spacial score (nSPS) is 10.6. The fraction of sp³-hybridized carbons (Fsp3) is 0.0714. The van der Waals surface area contributed by atoms with Crippen LogP contribution in [-0.2, 0) is 0 Å². The zero-order chi connectivity index (χ0) is 13.4. The molecule has 0 saturated carbocycles. The molecule has 0 amide bonds. The highest BCUT2D eigenvalue weighted by molar-refractivity contribution is 9.10. The summed E-state index contributed by atoms with van der Waals surface area (Å²) in [6, 6.07) is 11.5. The standard InChI is InChI=1S/C14H9BrN4/c1-9-6-13(11-4-2-10(7-16)3-5-11)18-14-12(15)8-17-19(9)14/h2-6,8H,1H3. The van der Waals surface area contributed by atoms with Gasteiger partial charge in [0.15, 0.2) is 5.65 Å². The van der Waals surface area contributed by atoms with Gasteiger partial charge in [-0.15, -0.1) is 0 Å². The zero-order valence-electron chi connectivity index (χ0n) is 10.1. The van der Waals surface area contributed by atoms with E-state index >= 15 is 0 Å². The van der Waals surface area contributed by atoms with Crippen molar-refractivity contribution < 1.29 is 0 Å². The highest BCUT2D eigenvalue weighted by Crippen LogP contribution is 2.23. The molecule has 19 heavy (non-hydrogen) atoms. The molecular formula is C14H9BrN4. The molecule has 0 aliphatic carbocycles. The van der Waals surface area contributed by atoms with Gasteiger partial charge in [-0.05, 0) is 41.1 Å². The minimum absolute atomic E-state index is 0.645. The molecule has 4 nitrogen and oxygen atoms in total. The van der Waals surface area contributed by atoms with E-state index in [9.17, 15) is 0 Å². The molecular weight excluding hydrogens is 304 g/mol. The van der Waals surface area contributed by atoms with E-state index in [1.54, 1.807) is 22.8 Å². The smallest absolute Gasteiger partial charge is 0.170 e. The molecule has 0 atom stereocenters. The summed E-state index contributed by atoms with van der Waals surface area (Å²) >= 11 is 3.44. The summed E-state index contributed by atoms with van der Waals surface area (Å²) in [4.78, 5) is 4.59. The highest BCUT2D eigenvalue weighted by Gasteiger charge is 2.08. The fourth-order valence-corrected chi connectivity index (χ4v) is 2.30. The van der Waals surface area contributed by atoms with Crippen molar-refractivity contribution in [3.63, 3.8) is 0 Å². The van der Waals surface area contributed by atoms with Crippen LogP contribution >= 0.6 is 15.9 Å². The van der Waals surface area contributed by atoms with Gasteiger partial charge in [-0.1, -0.05) is 12.1 Å². The van der Waals surface area contributed by atoms with Crippen LogP contribution in [0.1, 0.15) is 11.3 Å². The summed E-state index contributed by atoms with van der Waals surface area (Å²) in [5.74, 6) is 0. The van der Waals surface area contributed by atoms with Gasteiger partial charge in [0.05, 0.1) is 28.0 Å². The van der Waals surface area contributed by atoms with Gasteiger partial charge in [-0.2, -0.15) is 10.4 Å². The molecule has 92 valence electrons. The third kappa shape index (κ3) is 2.00. The van der Waals surface area contributed by atoms with Gasteiger partial charge >= 0.3 is 0 Å². The third-order valence-corrected chi connectivity index (χ3v) is 3.48. The Bertz CT molecular complexity index is 797. The Kier molecular flexibility index (Phi) is 2.80. The second-order valence-electron chi connectivity index (χ2n) is 4.20. The van der Waals surface area contributed by atoms with Crippen molar-refractivity contribution in [3.8, 4) is 17.3 Å². The van der Waals surface area contributed by atoms with E-state index in [-0.39, 0.29) is 0 Å². The molecule has 2 heterocycles. The molecule has 0 N–H and O–H groups in total. The number of hydrogen-bond acceptors (Lipinski definition) is 3. The van der Waals surface area contributed by atoms with Gasteiger partial charge in [0, 0.05) is 11.3 Å². The van der Waals surface area contributed by atoms with Crippen LogP contribution in [0.2, 0.25) is 0 Å². The molecule has 0 fully saturated rings. The minimum atomic E-state index is 0.645. The highest BCUT2D eigenvalue weighted by atomic mass is 79.9. The quantitative estimate of drug-likeness (QED) is 0.692.